The predicted octanol–water partition coefficient (Wildman–Crippen LogP) is 3.21. The topological polar surface area (TPSA) is 80.3 Å². The first kappa shape index (κ1) is 17.7. The average Bonchev–Trinajstić information content (AvgIpc) is 2.93. The summed E-state index contributed by atoms with van der Waals surface area (Å²) in [6.45, 7) is 5.69. The maximum atomic E-state index is 12.3. The molecule has 2 rings (SSSR count). The van der Waals surface area contributed by atoms with Gasteiger partial charge in [0.15, 0.2) is 5.78 Å². The highest BCUT2D eigenvalue weighted by atomic mass is 32.1. The van der Waals surface area contributed by atoms with Gasteiger partial charge in [0.25, 0.3) is 0 Å². The molecule has 0 bridgehead atoms. The van der Waals surface area contributed by atoms with Gasteiger partial charge >= 0.3 is 0 Å². The number of benzene rings is 1. The fourth-order valence-corrected chi connectivity index (χ4v) is 2.75. The van der Waals surface area contributed by atoms with E-state index in [0.717, 1.165) is 11.3 Å². The highest BCUT2D eigenvalue weighted by Crippen LogP contribution is 2.23. The molecule has 0 atom stereocenters. The largest absolute Gasteiger partial charge is 0.494 e. The molecule has 0 radical (unpaired) electrons. The predicted molar refractivity (Wildman–Crippen MR) is 95.3 cm³/mol. The van der Waals surface area contributed by atoms with Crippen LogP contribution in [0.5, 0.6) is 5.75 Å². The van der Waals surface area contributed by atoms with E-state index in [-0.39, 0.29) is 11.7 Å². The number of carbonyl (C=O) groups is 2. The normalized spacial score (nSPS) is 10.6. The summed E-state index contributed by atoms with van der Waals surface area (Å²) in [5, 5.41) is 0.473. The molecule has 0 unspecified atom stereocenters. The number of hydrogen-bond donors (Lipinski definition) is 2. The molecule has 0 fully saturated rings. The van der Waals surface area contributed by atoms with E-state index in [2.05, 4.69) is 15.8 Å². The Morgan fingerprint density at radius 2 is 2.00 bits per heavy atom. The van der Waals surface area contributed by atoms with Crippen molar-refractivity contribution in [2.45, 2.75) is 20.8 Å². The van der Waals surface area contributed by atoms with E-state index >= 15 is 0 Å². The number of nitrogens with zero attached hydrogens (tertiary/aromatic N) is 1. The number of hydrogen-bond acceptors (Lipinski definition) is 6. The van der Waals surface area contributed by atoms with Crippen LogP contribution in [0.2, 0.25) is 0 Å². The molecule has 1 amide bonds. The summed E-state index contributed by atoms with van der Waals surface area (Å²) in [6, 6.07) is 7.50. The van der Waals surface area contributed by atoms with Gasteiger partial charge in [-0.25, -0.2) is 4.98 Å². The summed E-state index contributed by atoms with van der Waals surface area (Å²) in [6.07, 6.45) is 3.26. The highest BCUT2D eigenvalue weighted by molar-refractivity contribution is 7.17. The first-order valence-electron chi connectivity index (χ1n) is 7.45. The molecule has 0 aliphatic rings. The molecule has 0 aliphatic heterocycles. The standard InChI is InChI=1S/C17H19N3O3S/c1-4-23-14-8-5-13(6-9-14)7-10-15(22)16-11(2)18-17(24-16)20-19-12(3)21/h5-10H,4H2,1-3H3,(H,18,20)(H,19,21)/b10-7-. The molecule has 126 valence electrons. The van der Waals surface area contributed by atoms with Gasteiger partial charge in [0, 0.05) is 6.92 Å². The third-order valence-electron chi connectivity index (χ3n) is 2.98. The number of nitrogens with one attached hydrogen (secondary N) is 2. The van der Waals surface area contributed by atoms with Crippen molar-refractivity contribution in [3.8, 4) is 5.75 Å². The van der Waals surface area contributed by atoms with Crippen molar-refractivity contribution in [3.63, 3.8) is 0 Å². The zero-order valence-electron chi connectivity index (χ0n) is 13.8. The second-order valence-corrected chi connectivity index (χ2v) is 5.94. The quantitative estimate of drug-likeness (QED) is 0.457. The van der Waals surface area contributed by atoms with Gasteiger partial charge in [-0.3, -0.25) is 20.4 Å². The van der Waals surface area contributed by atoms with Gasteiger partial charge < -0.3 is 4.74 Å². The molecule has 1 aromatic heterocycles. The molecule has 0 aliphatic carbocycles. The molecule has 24 heavy (non-hydrogen) atoms. The molecule has 0 saturated heterocycles. The molecule has 2 N–H and O–H groups in total. The van der Waals surface area contributed by atoms with E-state index in [1.54, 1.807) is 13.0 Å². The minimum absolute atomic E-state index is 0.130. The van der Waals surface area contributed by atoms with E-state index in [4.69, 9.17) is 4.74 Å². The van der Waals surface area contributed by atoms with Crippen molar-refractivity contribution >= 4 is 34.2 Å². The zero-order chi connectivity index (χ0) is 17.5. The molecule has 2 aromatic rings. The van der Waals surface area contributed by atoms with Gasteiger partial charge in [-0.05, 0) is 37.6 Å². The lowest BCUT2D eigenvalue weighted by Crippen LogP contribution is -2.26. The van der Waals surface area contributed by atoms with Crippen molar-refractivity contribution in [2.24, 2.45) is 0 Å². The SMILES string of the molecule is CCOc1ccc(/C=C\C(=O)c2sc(NNC(C)=O)nc2C)cc1. The van der Waals surface area contributed by atoms with Gasteiger partial charge in [-0.1, -0.05) is 29.5 Å². The van der Waals surface area contributed by atoms with E-state index in [9.17, 15) is 9.59 Å². The van der Waals surface area contributed by atoms with E-state index in [0.29, 0.717) is 22.3 Å². The van der Waals surface area contributed by atoms with Gasteiger partial charge in [-0.2, -0.15) is 0 Å². The monoisotopic (exact) mass is 345 g/mol. The highest BCUT2D eigenvalue weighted by Gasteiger charge is 2.13. The van der Waals surface area contributed by atoms with Crippen LogP contribution >= 0.6 is 11.3 Å². The Hall–Kier alpha value is -2.67. The number of carbonyl (C=O) groups excluding carboxylic acids is 2. The van der Waals surface area contributed by atoms with Crippen LogP contribution < -0.4 is 15.6 Å². The van der Waals surface area contributed by atoms with Gasteiger partial charge in [0.1, 0.15) is 5.75 Å². The number of ether oxygens (including phenoxy) is 1. The number of anilines is 1. The van der Waals surface area contributed by atoms with Crippen molar-refractivity contribution < 1.29 is 14.3 Å². The third kappa shape index (κ3) is 4.92. The van der Waals surface area contributed by atoms with Crippen LogP contribution in [0.4, 0.5) is 5.13 Å². The Morgan fingerprint density at radius 1 is 1.29 bits per heavy atom. The van der Waals surface area contributed by atoms with Crippen molar-refractivity contribution in [1.29, 1.82) is 0 Å². The number of ketones is 1. The molecular formula is C17H19N3O3S. The lowest BCUT2D eigenvalue weighted by Gasteiger charge is -2.02. The number of thiazole rings is 1. The Labute approximate surface area is 144 Å². The smallest absolute Gasteiger partial charge is 0.235 e. The van der Waals surface area contributed by atoms with Crippen LogP contribution in [0.3, 0.4) is 0 Å². The van der Waals surface area contributed by atoms with E-state index in [1.165, 1.54) is 24.3 Å². The van der Waals surface area contributed by atoms with Crippen LogP contribution in [-0.2, 0) is 4.79 Å². The third-order valence-corrected chi connectivity index (χ3v) is 4.07. The molecule has 1 heterocycles. The minimum atomic E-state index is -0.230. The maximum Gasteiger partial charge on any atom is 0.235 e. The Kier molecular flexibility index (Phi) is 6.08. The number of amides is 1. The fourth-order valence-electron chi connectivity index (χ4n) is 1.91. The number of aryl methyl sites for hydroxylation is 1. The summed E-state index contributed by atoms with van der Waals surface area (Å²) in [7, 11) is 0. The molecule has 6 nitrogen and oxygen atoms in total. The average molecular weight is 345 g/mol. The summed E-state index contributed by atoms with van der Waals surface area (Å²) in [4.78, 5) is 27.9. The van der Waals surface area contributed by atoms with Gasteiger partial charge in [0.2, 0.25) is 11.0 Å². The van der Waals surface area contributed by atoms with Crippen LogP contribution in [-0.4, -0.2) is 23.3 Å². The maximum absolute atomic E-state index is 12.3. The molecule has 0 saturated carbocycles. The summed E-state index contributed by atoms with van der Waals surface area (Å²) < 4.78 is 5.38. The van der Waals surface area contributed by atoms with Crippen molar-refractivity contribution in [1.82, 2.24) is 10.4 Å². The summed E-state index contributed by atoms with van der Waals surface area (Å²) in [5.74, 6) is 0.439. The number of allylic oxidation sites excluding steroid dienone is 1. The van der Waals surface area contributed by atoms with Crippen LogP contribution in [0.1, 0.15) is 34.8 Å². The van der Waals surface area contributed by atoms with Crippen LogP contribution in [0.25, 0.3) is 6.08 Å². The van der Waals surface area contributed by atoms with Gasteiger partial charge in [0.05, 0.1) is 17.2 Å². The molecule has 1 aromatic carbocycles. The first-order chi connectivity index (χ1) is 11.5. The minimum Gasteiger partial charge on any atom is -0.494 e. The zero-order valence-corrected chi connectivity index (χ0v) is 14.6. The second-order valence-electron chi connectivity index (χ2n) is 4.94. The molecular weight excluding hydrogens is 326 g/mol. The molecule has 0 spiro atoms. The number of hydrazine groups is 1. The van der Waals surface area contributed by atoms with Crippen LogP contribution in [0.15, 0.2) is 30.3 Å². The Balaban J connectivity index is 2.04. The lowest BCUT2D eigenvalue weighted by atomic mass is 10.1. The number of aromatic nitrogens is 1. The Bertz CT molecular complexity index is 751. The fraction of sp³-hybridized carbons (Fsp3) is 0.235. The lowest BCUT2D eigenvalue weighted by molar-refractivity contribution is -0.118. The van der Waals surface area contributed by atoms with Crippen LogP contribution in [0, 0.1) is 6.92 Å². The van der Waals surface area contributed by atoms with Crippen molar-refractivity contribution in [2.75, 3.05) is 12.0 Å². The number of rotatable bonds is 7. The Morgan fingerprint density at radius 3 is 2.62 bits per heavy atom. The van der Waals surface area contributed by atoms with Crippen molar-refractivity contribution in [3.05, 3.63) is 46.5 Å². The van der Waals surface area contributed by atoms with E-state index < -0.39 is 0 Å². The molecule has 7 heteroatoms. The van der Waals surface area contributed by atoms with E-state index in [1.807, 2.05) is 31.2 Å². The first-order valence-corrected chi connectivity index (χ1v) is 8.26. The summed E-state index contributed by atoms with van der Waals surface area (Å²) in [5.41, 5.74) is 6.63. The summed E-state index contributed by atoms with van der Waals surface area (Å²) >= 11 is 1.20. The van der Waals surface area contributed by atoms with Gasteiger partial charge in [-0.15, -0.1) is 0 Å². The second kappa shape index (κ2) is 8.26.